The Morgan fingerprint density at radius 1 is 1.29 bits per heavy atom. The number of aromatic nitrogens is 1. The molecule has 1 aromatic heterocycles. The Hall–Kier alpha value is -1.45. The van der Waals surface area contributed by atoms with Gasteiger partial charge in [0.25, 0.3) is 0 Å². The molecule has 0 radical (unpaired) electrons. The molecule has 90 valence electrons. The van der Waals surface area contributed by atoms with Crippen molar-refractivity contribution in [2.24, 2.45) is 5.90 Å². The Balaban J connectivity index is 2.42. The third-order valence-corrected chi connectivity index (χ3v) is 2.98. The van der Waals surface area contributed by atoms with E-state index in [4.69, 9.17) is 5.90 Å². The number of benzene rings is 1. The van der Waals surface area contributed by atoms with Crippen molar-refractivity contribution in [2.45, 2.75) is 26.2 Å². The highest BCUT2D eigenvalue weighted by Crippen LogP contribution is 2.25. The van der Waals surface area contributed by atoms with E-state index in [1.807, 2.05) is 12.4 Å². The molecule has 0 aliphatic rings. The maximum absolute atomic E-state index is 5.04. The number of fused-ring (bicyclic) bond motifs is 1. The van der Waals surface area contributed by atoms with E-state index in [9.17, 15) is 0 Å². The van der Waals surface area contributed by atoms with Gasteiger partial charge in [0.15, 0.2) is 0 Å². The van der Waals surface area contributed by atoms with Crippen molar-refractivity contribution in [3.63, 3.8) is 0 Å². The molecule has 17 heavy (non-hydrogen) atoms. The van der Waals surface area contributed by atoms with Crippen LogP contribution < -0.4 is 5.90 Å². The Bertz CT molecular complexity index is 509. The molecule has 0 bridgehead atoms. The van der Waals surface area contributed by atoms with Crippen molar-refractivity contribution < 1.29 is 4.84 Å². The lowest BCUT2D eigenvalue weighted by Gasteiger charge is -2.10. The van der Waals surface area contributed by atoms with Crippen molar-refractivity contribution in [1.29, 1.82) is 0 Å². The number of pyridine rings is 1. The van der Waals surface area contributed by atoms with Crippen LogP contribution in [0.5, 0.6) is 0 Å². The second-order valence-electron chi connectivity index (χ2n) is 4.56. The van der Waals surface area contributed by atoms with Crippen LogP contribution in [0.1, 0.15) is 30.9 Å². The summed E-state index contributed by atoms with van der Waals surface area (Å²) in [7, 11) is 0. The van der Waals surface area contributed by atoms with Gasteiger partial charge >= 0.3 is 0 Å². The highest BCUT2D eigenvalue weighted by atomic mass is 16.6. The smallest absolute Gasteiger partial charge is 0.0719 e. The first-order valence-corrected chi connectivity index (χ1v) is 5.90. The monoisotopic (exact) mass is 230 g/mol. The third kappa shape index (κ3) is 2.62. The van der Waals surface area contributed by atoms with E-state index in [1.165, 1.54) is 21.9 Å². The summed E-state index contributed by atoms with van der Waals surface area (Å²) >= 11 is 0. The average molecular weight is 230 g/mol. The first kappa shape index (κ1) is 12.0. The third-order valence-electron chi connectivity index (χ3n) is 2.98. The van der Waals surface area contributed by atoms with Gasteiger partial charge in [0.1, 0.15) is 0 Å². The highest BCUT2D eigenvalue weighted by molar-refractivity contribution is 5.85. The summed E-state index contributed by atoms with van der Waals surface area (Å²) in [5.74, 6) is 5.53. The van der Waals surface area contributed by atoms with Crippen molar-refractivity contribution in [3.05, 3.63) is 41.7 Å². The molecule has 3 nitrogen and oxygen atoms in total. The predicted octanol–water partition coefficient (Wildman–Crippen LogP) is 2.79. The second-order valence-corrected chi connectivity index (χ2v) is 4.56. The topological polar surface area (TPSA) is 48.1 Å². The fraction of sp³-hybridized carbons (Fsp3) is 0.357. The fourth-order valence-corrected chi connectivity index (χ4v) is 2.04. The van der Waals surface area contributed by atoms with Gasteiger partial charge in [0.05, 0.1) is 6.61 Å². The lowest BCUT2D eigenvalue weighted by atomic mass is 9.97. The largest absolute Gasteiger partial charge is 0.304 e. The Kier molecular flexibility index (Phi) is 3.71. The zero-order chi connectivity index (χ0) is 12.3. The predicted molar refractivity (Wildman–Crippen MR) is 69.7 cm³/mol. The first-order chi connectivity index (χ1) is 8.22. The molecule has 0 fully saturated rings. The minimum atomic E-state index is 0.490. The molecular formula is C14H18N2O. The lowest BCUT2D eigenvalue weighted by molar-refractivity contribution is 0.141. The second kappa shape index (κ2) is 5.25. The summed E-state index contributed by atoms with van der Waals surface area (Å²) in [5.41, 5.74) is 2.52. The van der Waals surface area contributed by atoms with Gasteiger partial charge in [-0.3, -0.25) is 4.98 Å². The van der Waals surface area contributed by atoms with E-state index in [0.29, 0.717) is 12.5 Å². The zero-order valence-corrected chi connectivity index (χ0v) is 10.3. The average Bonchev–Trinajstić information content (AvgIpc) is 2.35. The molecule has 2 rings (SSSR count). The van der Waals surface area contributed by atoms with Crippen LogP contribution in [0.3, 0.4) is 0 Å². The zero-order valence-electron chi connectivity index (χ0n) is 10.3. The summed E-state index contributed by atoms with van der Waals surface area (Å²) in [6, 6.07) is 6.46. The SMILES string of the molecule is CC(C)c1cncc2cc(CCON)ccc12. The van der Waals surface area contributed by atoms with Gasteiger partial charge in [-0.1, -0.05) is 26.0 Å². The van der Waals surface area contributed by atoms with Crippen LogP contribution >= 0.6 is 0 Å². The van der Waals surface area contributed by atoms with E-state index in [1.54, 1.807) is 0 Å². The Morgan fingerprint density at radius 3 is 2.82 bits per heavy atom. The lowest BCUT2D eigenvalue weighted by Crippen LogP contribution is -2.03. The molecule has 2 aromatic rings. The summed E-state index contributed by atoms with van der Waals surface area (Å²) in [4.78, 5) is 8.90. The molecule has 0 aliphatic heterocycles. The van der Waals surface area contributed by atoms with Crippen LogP contribution in [0, 0.1) is 0 Å². The summed E-state index contributed by atoms with van der Waals surface area (Å²) in [5, 5.41) is 2.47. The Morgan fingerprint density at radius 2 is 2.12 bits per heavy atom. The van der Waals surface area contributed by atoms with Crippen LogP contribution in [-0.2, 0) is 11.3 Å². The molecular weight excluding hydrogens is 212 g/mol. The molecule has 1 aromatic carbocycles. The first-order valence-electron chi connectivity index (χ1n) is 5.90. The van der Waals surface area contributed by atoms with E-state index in [2.05, 4.69) is 41.9 Å². The van der Waals surface area contributed by atoms with E-state index < -0.39 is 0 Å². The molecule has 1 heterocycles. The van der Waals surface area contributed by atoms with Crippen LogP contribution in [-0.4, -0.2) is 11.6 Å². The normalized spacial score (nSPS) is 11.3. The summed E-state index contributed by atoms with van der Waals surface area (Å²) in [6.45, 7) is 4.92. The number of hydrogen-bond acceptors (Lipinski definition) is 3. The number of rotatable bonds is 4. The molecule has 3 heteroatoms. The van der Waals surface area contributed by atoms with Crippen LogP contribution in [0.2, 0.25) is 0 Å². The summed E-state index contributed by atoms with van der Waals surface area (Å²) in [6.07, 6.45) is 4.70. The molecule has 0 saturated heterocycles. The van der Waals surface area contributed by atoms with Crippen molar-refractivity contribution >= 4 is 10.8 Å². The van der Waals surface area contributed by atoms with Gasteiger partial charge in [-0.05, 0) is 34.9 Å². The van der Waals surface area contributed by atoms with Crippen LogP contribution in [0.15, 0.2) is 30.6 Å². The molecule has 0 unspecified atom stereocenters. The van der Waals surface area contributed by atoms with Gasteiger partial charge < -0.3 is 4.84 Å². The number of nitrogens with zero attached hydrogens (tertiary/aromatic N) is 1. The maximum Gasteiger partial charge on any atom is 0.0719 e. The van der Waals surface area contributed by atoms with Crippen molar-refractivity contribution in [3.8, 4) is 0 Å². The van der Waals surface area contributed by atoms with Crippen molar-refractivity contribution in [2.75, 3.05) is 6.61 Å². The van der Waals surface area contributed by atoms with Gasteiger partial charge in [-0.15, -0.1) is 0 Å². The number of hydrogen-bond donors (Lipinski definition) is 1. The van der Waals surface area contributed by atoms with Crippen LogP contribution in [0.4, 0.5) is 0 Å². The Labute approximate surface area is 102 Å². The van der Waals surface area contributed by atoms with Crippen molar-refractivity contribution in [1.82, 2.24) is 4.98 Å². The highest BCUT2D eigenvalue weighted by Gasteiger charge is 2.06. The molecule has 0 saturated carbocycles. The van der Waals surface area contributed by atoms with Gasteiger partial charge in [-0.2, -0.15) is 0 Å². The van der Waals surface area contributed by atoms with Gasteiger partial charge in [-0.25, -0.2) is 5.90 Å². The molecule has 2 N–H and O–H groups in total. The molecule has 0 amide bonds. The minimum absolute atomic E-state index is 0.490. The number of nitrogens with two attached hydrogens (primary N) is 1. The quantitative estimate of drug-likeness (QED) is 0.822. The van der Waals surface area contributed by atoms with Gasteiger partial charge in [0, 0.05) is 17.8 Å². The fourth-order valence-electron chi connectivity index (χ4n) is 2.04. The van der Waals surface area contributed by atoms with Crippen LogP contribution in [0.25, 0.3) is 10.8 Å². The standard InChI is InChI=1S/C14H18N2O/c1-10(2)14-9-16-8-12-7-11(5-6-17-15)3-4-13(12)14/h3-4,7-10H,5-6,15H2,1-2H3. The van der Waals surface area contributed by atoms with E-state index >= 15 is 0 Å². The van der Waals surface area contributed by atoms with Gasteiger partial charge in [0.2, 0.25) is 0 Å². The van der Waals surface area contributed by atoms with E-state index in [0.717, 1.165) is 6.42 Å². The molecule has 0 atom stereocenters. The van der Waals surface area contributed by atoms with E-state index in [-0.39, 0.29) is 0 Å². The molecule has 0 aliphatic carbocycles. The summed E-state index contributed by atoms with van der Waals surface area (Å²) < 4.78 is 0. The minimum Gasteiger partial charge on any atom is -0.304 e. The maximum atomic E-state index is 5.04. The molecule has 0 spiro atoms.